The van der Waals surface area contributed by atoms with Crippen LogP contribution in [0.2, 0.25) is 5.02 Å². The van der Waals surface area contributed by atoms with Crippen LogP contribution >= 0.6 is 11.6 Å². The molecule has 146 valence electrons. The van der Waals surface area contributed by atoms with Gasteiger partial charge in [0, 0.05) is 28.4 Å². The van der Waals surface area contributed by atoms with Gasteiger partial charge < -0.3 is 10.1 Å². The van der Waals surface area contributed by atoms with Gasteiger partial charge >= 0.3 is 0 Å². The summed E-state index contributed by atoms with van der Waals surface area (Å²) in [6, 6.07) is 17.6. The fourth-order valence-electron chi connectivity index (χ4n) is 4.32. The summed E-state index contributed by atoms with van der Waals surface area (Å²) in [5.74, 6) is 0.518. The second-order valence-electron chi connectivity index (χ2n) is 7.42. The van der Waals surface area contributed by atoms with E-state index in [1.165, 1.54) is 0 Å². The molecule has 29 heavy (non-hydrogen) atoms. The number of Topliss-reactive ketones (excluding diaryl/α,β-unsaturated/α-hetero) is 1. The highest BCUT2D eigenvalue weighted by atomic mass is 35.5. The van der Waals surface area contributed by atoms with E-state index in [1.807, 2.05) is 49.4 Å². The summed E-state index contributed by atoms with van der Waals surface area (Å²) in [6.07, 6.45) is 1.12. The van der Waals surface area contributed by atoms with E-state index >= 15 is 0 Å². The van der Waals surface area contributed by atoms with Gasteiger partial charge in [-0.3, -0.25) is 4.79 Å². The van der Waals surface area contributed by atoms with Crippen LogP contribution in [0.25, 0.3) is 0 Å². The molecule has 2 aromatic carbocycles. The van der Waals surface area contributed by atoms with Gasteiger partial charge in [-0.15, -0.1) is 0 Å². The minimum atomic E-state index is -0.422. The molecule has 2 aliphatic rings. The number of nitrogens with one attached hydrogen (secondary N) is 1. The summed E-state index contributed by atoms with van der Waals surface area (Å²) in [5, 5.41) is 13.7. The van der Waals surface area contributed by atoms with Gasteiger partial charge in [0.05, 0.1) is 24.7 Å². The zero-order valence-electron chi connectivity index (χ0n) is 16.3. The molecule has 4 rings (SSSR count). The Balaban J connectivity index is 1.76. The van der Waals surface area contributed by atoms with Crippen molar-refractivity contribution in [3.8, 4) is 11.8 Å². The zero-order chi connectivity index (χ0) is 20.5. The molecule has 0 aromatic heterocycles. The molecule has 1 aliphatic heterocycles. The minimum absolute atomic E-state index is 0.0599. The van der Waals surface area contributed by atoms with E-state index in [1.54, 1.807) is 13.2 Å². The molecule has 0 spiro atoms. The third-order valence-corrected chi connectivity index (χ3v) is 6.10. The molecule has 1 aliphatic carbocycles. The number of methoxy groups -OCH3 is 1. The van der Waals surface area contributed by atoms with Crippen LogP contribution in [0.4, 0.5) is 0 Å². The Kier molecular flexibility index (Phi) is 5.17. The predicted octanol–water partition coefficient (Wildman–Crippen LogP) is 5.23. The number of dihydropyridines is 1. The van der Waals surface area contributed by atoms with Crippen molar-refractivity contribution in [2.75, 3.05) is 7.11 Å². The van der Waals surface area contributed by atoms with Gasteiger partial charge in [0.2, 0.25) is 0 Å². The van der Waals surface area contributed by atoms with Crippen molar-refractivity contribution in [3.05, 3.63) is 87.2 Å². The number of ether oxygens (including phenoxy) is 1. The summed E-state index contributed by atoms with van der Waals surface area (Å²) in [4.78, 5) is 13.3. The average molecular weight is 405 g/mol. The summed E-state index contributed by atoms with van der Waals surface area (Å²) < 4.78 is 5.24. The van der Waals surface area contributed by atoms with E-state index in [0.717, 1.165) is 28.3 Å². The van der Waals surface area contributed by atoms with E-state index in [0.29, 0.717) is 29.0 Å². The van der Waals surface area contributed by atoms with Crippen molar-refractivity contribution in [1.29, 1.82) is 5.26 Å². The molecular weight excluding hydrogens is 384 g/mol. The lowest BCUT2D eigenvalue weighted by atomic mass is 9.72. The molecule has 0 saturated carbocycles. The lowest BCUT2D eigenvalue weighted by Crippen LogP contribution is -2.33. The van der Waals surface area contributed by atoms with Crippen LogP contribution in [0.3, 0.4) is 0 Å². The predicted molar refractivity (Wildman–Crippen MR) is 113 cm³/mol. The topological polar surface area (TPSA) is 62.1 Å². The van der Waals surface area contributed by atoms with Crippen molar-refractivity contribution in [2.24, 2.45) is 0 Å². The summed E-state index contributed by atoms with van der Waals surface area (Å²) in [6.45, 7) is 1.88. The molecule has 1 heterocycles. The van der Waals surface area contributed by atoms with Crippen molar-refractivity contribution in [3.63, 3.8) is 0 Å². The first kappa shape index (κ1) is 19.3. The number of hydrogen-bond acceptors (Lipinski definition) is 4. The first-order valence-electron chi connectivity index (χ1n) is 9.56. The fraction of sp³-hybridized carbons (Fsp3) is 0.250. The second kappa shape index (κ2) is 7.77. The number of rotatable bonds is 3. The molecule has 0 amide bonds. The monoisotopic (exact) mass is 404 g/mol. The molecule has 0 radical (unpaired) electrons. The normalized spacial score (nSPS) is 21.4. The molecule has 0 saturated heterocycles. The Labute approximate surface area is 175 Å². The van der Waals surface area contributed by atoms with Crippen molar-refractivity contribution in [2.45, 2.75) is 31.6 Å². The van der Waals surface area contributed by atoms with Crippen LogP contribution in [0.5, 0.6) is 5.75 Å². The maximum atomic E-state index is 13.3. The Bertz CT molecular complexity index is 1080. The second-order valence-corrected chi connectivity index (χ2v) is 7.83. The number of ketones is 1. The zero-order valence-corrected chi connectivity index (χ0v) is 17.1. The summed E-state index contributed by atoms with van der Waals surface area (Å²) >= 11 is 6.46. The van der Waals surface area contributed by atoms with Gasteiger partial charge in [0.15, 0.2) is 5.78 Å². The number of carbonyl (C=O) groups is 1. The lowest BCUT2D eigenvalue weighted by molar-refractivity contribution is -0.116. The Morgan fingerprint density at radius 1 is 1.14 bits per heavy atom. The summed E-state index contributed by atoms with van der Waals surface area (Å²) in [7, 11) is 1.64. The number of carbonyl (C=O) groups excluding carboxylic acids is 1. The number of benzene rings is 2. The largest absolute Gasteiger partial charge is 0.497 e. The molecule has 1 N–H and O–H groups in total. The maximum absolute atomic E-state index is 13.3. The van der Waals surface area contributed by atoms with Gasteiger partial charge in [-0.2, -0.15) is 5.26 Å². The Morgan fingerprint density at radius 3 is 2.52 bits per heavy atom. The van der Waals surface area contributed by atoms with Crippen LogP contribution in [0, 0.1) is 11.3 Å². The number of allylic oxidation sites excluding steroid dienone is 4. The van der Waals surface area contributed by atoms with Crippen LogP contribution in [0.15, 0.2) is 71.1 Å². The van der Waals surface area contributed by atoms with E-state index in [9.17, 15) is 10.1 Å². The average Bonchev–Trinajstić information content (AvgIpc) is 2.73. The van der Waals surface area contributed by atoms with Crippen molar-refractivity contribution >= 4 is 17.4 Å². The quantitative estimate of drug-likeness (QED) is 0.760. The number of nitriles is 1. The van der Waals surface area contributed by atoms with E-state index in [-0.39, 0.29) is 11.7 Å². The molecular formula is C24H21ClN2O2. The molecule has 0 fully saturated rings. The van der Waals surface area contributed by atoms with Gasteiger partial charge in [0.25, 0.3) is 0 Å². The third-order valence-electron chi connectivity index (χ3n) is 5.75. The molecule has 0 unspecified atom stereocenters. The molecule has 5 heteroatoms. The highest BCUT2D eigenvalue weighted by Gasteiger charge is 2.39. The standard InChI is InChI=1S/C24H21ClN2O2/c1-14-19(13-26)23(18-5-3-4-6-20(18)25)24-21(27-14)11-16(12-22(24)28)15-7-9-17(29-2)10-8-15/h3-10,16,23,27H,11-12H2,1-2H3/t16-,23+/m1/s1. The fourth-order valence-corrected chi connectivity index (χ4v) is 4.56. The van der Waals surface area contributed by atoms with Crippen LogP contribution in [-0.4, -0.2) is 12.9 Å². The molecule has 2 aromatic rings. The highest BCUT2D eigenvalue weighted by Crippen LogP contribution is 2.46. The van der Waals surface area contributed by atoms with Crippen molar-refractivity contribution < 1.29 is 9.53 Å². The Morgan fingerprint density at radius 2 is 1.86 bits per heavy atom. The highest BCUT2D eigenvalue weighted by molar-refractivity contribution is 6.31. The van der Waals surface area contributed by atoms with Crippen LogP contribution in [-0.2, 0) is 4.79 Å². The van der Waals surface area contributed by atoms with Gasteiger partial charge in [-0.05, 0) is 48.6 Å². The summed E-state index contributed by atoms with van der Waals surface area (Å²) in [5.41, 5.74) is 4.80. The number of hydrogen-bond donors (Lipinski definition) is 1. The molecule has 2 atom stereocenters. The SMILES string of the molecule is COc1ccc([C@H]2CC(=O)C3=C(C2)NC(C)=C(C#N)[C@@H]3c2ccccc2Cl)cc1. The molecule has 4 nitrogen and oxygen atoms in total. The van der Waals surface area contributed by atoms with Crippen molar-refractivity contribution in [1.82, 2.24) is 5.32 Å². The number of nitrogens with zero attached hydrogens (tertiary/aromatic N) is 1. The maximum Gasteiger partial charge on any atom is 0.162 e. The first-order chi connectivity index (χ1) is 14.0. The minimum Gasteiger partial charge on any atom is -0.497 e. The lowest BCUT2D eigenvalue weighted by Gasteiger charge is -2.36. The van der Waals surface area contributed by atoms with Gasteiger partial charge in [-0.25, -0.2) is 0 Å². The first-order valence-corrected chi connectivity index (χ1v) is 9.93. The van der Waals surface area contributed by atoms with E-state index in [2.05, 4.69) is 11.4 Å². The third kappa shape index (κ3) is 3.43. The van der Waals surface area contributed by atoms with Gasteiger partial charge in [-0.1, -0.05) is 41.9 Å². The smallest absolute Gasteiger partial charge is 0.162 e. The Hall–Kier alpha value is -3.03. The van der Waals surface area contributed by atoms with E-state index in [4.69, 9.17) is 16.3 Å². The van der Waals surface area contributed by atoms with Gasteiger partial charge in [0.1, 0.15) is 5.75 Å². The van der Waals surface area contributed by atoms with Crippen LogP contribution in [0.1, 0.15) is 42.7 Å². The number of halogens is 1. The van der Waals surface area contributed by atoms with E-state index < -0.39 is 5.92 Å². The molecule has 0 bridgehead atoms. The van der Waals surface area contributed by atoms with Crippen LogP contribution < -0.4 is 10.1 Å².